The molecule has 0 amide bonds. The molecular weight excluding hydrogens is 388 g/mol. The third kappa shape index (κ3) is 7.03. The summed E-state index contributed by atoms with van der Waals surface area (Å²) >= 11 is 3.48. The zero-order valence-electron chi connectivity index (χ0n) is 16.4. The summed E-state index contributed by atoms with van der Waals surface area (Å²) in [7, 11) is 1.70. The maximum Gasteiger partial charge on any atom is 0.161 e. The predicted molar refractivity (Wildman–Crippen MR) is 113 cm³/mol. The first kappa shape index (κ1) is 20.8. The van der Waals surface area contributed by atoms with Gasteiger partial charge in [-0.3, -0.25) is 0 Å². The number of hydrogen-bond donors (Lipinski definition) is 0. The fourth-order valence-electron chi connectivity index (χ4n) is 2.82. The van der Waals surface area contributed by atoms with E-state index in [1.54, 1.807) is 7.11 Å². The summed E-state index contributed by atoms with van der Waals surface area (Å²) in [6, 6.07) is 14.9. The van der Waals surface area contributed by atoms with Crippen molar-refractivity contribution >= 4 is 15.9 Å². The fourth-order valence-corrected chi connectivity index (χ4v) is 3.09. The minimum atomic E-state index is 0.489. The smallest absolute Gasteiger partial charge is 0.161 e. The van der Waals surface area contributed by atoms with Gasteiger partial charge in [-0.1, -0.05) is 54.9 Å². The number of rotatable bonds is 10. The average Bonchev–Trinajstić information content (AvgIpc) is 2.64. The Bertz CT molecular complexity index is 664. The molecule has 2 aromatic carbocycles. The van der Waals surface area contributed by atoms with Gasteiger partial charge in [0.15, 0.2) is 11.5 Å². The molecule has 0 aliphatic heterocycles. The maximum atomic E-state index is 6.11. The minimum Gasteiger partial charge on any atom is -0.493 e. The van der Waals surface area contributed by atoms with Crippen LogP contribution in [0.2, 0.25) is 0 Å². The van der Waals surface area contributed by atoms with Gasteiger partial charge in [0.05, 0.1) is 13.7 Å². The molecule has 2 nitrogen and oxygen atoms in total. The van der Waals surface area contributed by atoms with Gasteiger partial charge < -0.3 is 9.47 Å². The van der Waals surface area contributed by atoms with E-state index in [1.807, 2.05) is 6.07 Å². The van der Waals surface area contributed by atoms with Crippen LogP contribution < -0.4 is 9.47 Å². The van der Waals surface area contributed by atoms with Crippen molar-refractivity contribution < 1.29 is 9.47 Å². The molecule has 142 valence electrons. The quantitative estimate of drug-likeness (QED) is 0.427. The van der Waals surface area contributed by atoms with E-state index in [0.717, 1.165) is 35.2 Å². The lowest BCUT2D eigenvalue weighted by molar-refractivity contribution is 0.241. The molecule has 0 radical (unpaired) electrons. The molecule has 0 saturated heterocycles. The summed E-state index contributed by atoms with van der Waals surface area (Å²) in [4.78, 5) is 0. The SMILES string of the molecule is COc1ccc(CCC(C)C)cc1OC[C@@H](C)CCc1ccc(Br)cc1. The summed E-state index contributed by atoms with van der Waals surface area (Å²) in [5, 5.41) is 0. The van der Waals surface area contributed by atoms with Gasteiger partial charge in [0.1, 0.15) is 0 Å². The first-order valence-corrected chi connectivity index (χ1v) is 10.3. The van der Waals surface area contributed by atoms with Crippen molar-refractivity contribution in [2.75, 3.05) is 13.7 Å². The second kappa shape index (κ2) is 10.6. The van der Waals surface area contributed by atoms with Crippen molar-refractivity contribution in [3.05, 3.63) is 58.1 Å². The summed E-state index contributed by atoms with van der Waals surface area (Å²) in [5.41, 5.74) is 2.69. The van der Waals surface area contributed by atoms with Crippen LogP contribution in [0.4, 0.5) is 0 Å². The normalized spacial score (nSPS) is 12.2. The average molecular weight is 419 g/mol. The Kier molecular flexibility index (Phi) is 8.50. The third-order valence-electron chi connectivity index (χ3n) is 4.60. The van der Waals surface area contributed by atoms with Gasteiger partial charge in [0.25, 0.3) is 0 Å². The molecule has 3 heteroatoms. The lowest BCUT2D eigenvalue weighted by Gasteiger charge is -2.16. The zero-order chi connectivity index (χ0) is 18.9. The van der Waals surface area contributed by atoms with Crippen LogP contribution in [0.1, 0.15) is 44.7 Å². The lowest BCUT2D eigenvalue weighted by Crippen LogP contribution is -2.10. The molecule has 0 aliphatic rings. The van der Waals surface area contributed by atoms with Crippen LogP contribution in [-0.2, 0) is 12.8 Å². The summed E-state index contributed by atoms with van der Waals surface area (Å²) in [5.74, 6) is 2.88. The Balaban J connectivity index is 1.87. The summed E-state index contributed by atoms with van der Waals surface area (Å²) < 4.78 is 12.7. The molecule has 2 rings (SSSR count). The Morgan fingerprint density at radius 3 is 2.15 bits per heavy atom. The van der Waals surface area contributed by atoms with Crippen molar-refractivity contribution in [2.24, 2.45) is 11.8 Å². The number of halogens is 1. The van der Waals surface area contributed by atoms with Crippen molar-refractivity contribution in [3.8, 4) is 11.5 Å². The van der Waals surface area contributed by atoms with Crippen molar-refractivity contribution in [3.63, 3.8) is 0 Å². The molecule has 0 spiro atoms. The van der Waals surface area contributed by atoms with Crippen LogP contribution in [0, 0.1) is 11.8 Å². The number of hydrogen-bond acceptors (Lipinski definition) is 2. The second-order valence-electron chi connectivity index (χ2n) is 7.50. The molecule has 0 fully saturated rings. The third-order valence-corrected chi connectivity index (χ3v) is 5.13. The number of benzene rings is 2. The first-order valence-electron chi connectivity index (χ1n) is 9.52. The van der Waals surface area contributed by atoms with Crippen LogP contribution >= 0.6 is 15.9 Å². The zero-order valence-corrected chi connectivity index (χ0v) is 18.0. The van der Waals surface area contributed by atoms with E-state index in [4.69, 9.17) is 9.47 Å². The highest BCUT2D eigenvalue weighted by Gasteiger charge is 2.10. The van der Waals surface area contributed by atoms with Crippen molar-refractivity contribution in [1.82, 2.24) is 0 Å². The van der Waals surface area contributed by atoms with Crippen LogP contribution in [-0.4, -0.2) is 13.7 Å². The van der Waals surface area contributed by atoms with Gasteiger partial charge in [-0.05, 0) is 72.9 Å². The Labute approximate surface area is 167 Å². The van der Waals surface area contributed by atoms with E-state index in [0.29, 0.717) is 18.4 Å². The highest BCUT2D eigenvalue weighted by Crippen LogP contribution is 2.29. The van der Waals surface area contributed by atoms with Gasteiger partial charge in [0.2, 0.25) is 0 Å². The number of methoxy groups -OCH3 is 1. The molecule has 0 saturated carbocycles. The Hall–Kier alpha value is -1.48. The van der Waals surface area contributed by atoms with Crippen LogP contribution in [0.5, 0.6) is 11.5 Å². The minimum absolute atomic E-state index is 0.489. The maximum absolute atomic E-state index is 6.11. The van der Waals surface area contributed by atoms with E-state index in [-0.39, 0.29) is 0 Å². The molecule has 0 N–H and O–H groups in total. The molecule has 2 aromatic rings. The molecule has 1 atom stereocenters. The van der Waals surface area contributed by atoms with E-state index in [2.05, 4.69) is 73.1 Å². The number of aryl methyl sites for hydroxylation is 2. The molecular formula is C23H31BrO2. The topological polar surface area (TPSA) is 18.5 Å². The van der Waals surface area contributed by atoms with E-state index in [1.165, 1.54) is 17.5 Å². The summed E-state index contributed by atoms with van der Waals surface area (Å²) in [6.45, 7) is 7.47. The Morgan fingerprint density at radius 1 is 0.846 bits per heavy atom. The van der Waals surface area contributed by atoms with Gasteiger partial charge in [0, 0.05) is 4.47 Å². The van der Waals surface area contributed by atoms with Gasteiger partial charge >= 0.3 is 0 Å². The van der Waals surface area contributed by atoms with Gasteiger partial charge in [-0.25, -0.2) is 0 Å². The Morgan fingerprint density at radius 2 is 1.50 bits per heavy atom. The van der Waals surface area contributed by atoms with Crippen LogP contribution in [0.3, 0.4) is 0 Å². The summed E-state index contributed by atoms with van der Waals surface area (Å²) in [6.07, 6.45) is 4.45. The van der Waals surface area contributed by atoms with E-state index < -0.39 is 0 Å². The fraction of sp³-hybridized carbons (Fsp3) is 0.478. The first-order chi connectivity index (χ1) is 12.5. The highest BCUT2D eigenvalue weighted by atomic mass is 79.9. The van der Waals surface area contributed by atoms with Crippen molar-refractivity contribution in [2.45, 2.75) is 46.5 Å². The molecule has 0 bridgehead atoms. The standard InChI is InChI=1S/C23H31BrO2/c1-17(2)5-7-20-11-14-22(25-4)23(15-20)26-16-18(3)6-8-19-9-12-21(24)13-10-19/h9-15,17-18H,5-8,16H2,1-4H3/t18-/m0/s1. The van der Waals surface area contributed by atoms with Crippen LogP contribution in [0.25, 0.3) is 0 Å². The highest BCUT2D eigenvalue weighted by molar-refractivity contribution is 9.10. The molecule has 0 aromatic heterocycles. The molecule has 0 aliphatic carbocycles. The number of ether oxygens (including phenoxy) is 2. The predicted octanol–water partition coefficient (Wildman–Crippen LogP) is 6.69. The molecule has 0 heterocycles. The largest absolute Gasteiger partial charge is 0.493 e. The van der Waals surface area contributed by atoms with E-state index in [9.17, 15) is 0 Å². The lowest BCUT2D eigenvalue weighted by atomic mass is 10.0. The van der Waals surface area contributed by atoms with Crippen molar-refractivity contribution in [1.29, 1.82) is 0 Å². The monoisotopic (exact) mass is 418 g/mol. The molecule has 26 heavy (non-hydrogen) atoms. The van der Waals surface area contributed by atoms with Gasteiger partial charge in [-0.2, -0.15) is 0 Å². The second-order valence-corrected chi connectivity index (χ2v) is 8.41. The molecule has 0 unspecified atom stereocenters. The van der Waals surface area contributed by atoms with E-state index >= 15 is 0 Å². The van der Waals surface area contributed by atoms with Gasteiger partial charge in [-0.15, -0.1) is 0 Å². The van der Waals surface area contributed by atoms with Crippen LogP contribution in [0.15, 0.2) is 46.9 Å².